The molecule has 1 heterocycles. The van der Waals surface area contributed by atoms with Crippen molar-refractivity contribution in [2.75, 3.05) is 5.32 Å². The van der Waals surface area contributed by atoms with Crippen LogP contribution >= 0.6 is 12.4 Å². The van der Waals surface area contributed by atoms with Crippen molar-refractivity contribution in [1.29, 1.82) is 0 Å². The van der Waals surface area contributed by atoms with E-state index in [0.29, 0.717) is 6.04 Å². The van der Waals surface area contributed by atoms with Crippen LogP contribution in [0.15, 0.2) is 29.2 Å². The van der Waals surface area contributed by atoms with E-state index in [2.05, 4.69) is 16.4 Å². The average Bonchev–Trinajstić information content (AvgIpc) is 2.44. The van der Waals surface area contributed by atoms with Crippen molar-refractivity contribution in [3.63, 3.8) is 0 Å². The van der Waals surface area contributed by atoms with E-state index < -0.39 is 0 Å². The van der Waals surface area contributed by atoms with Crippen LogP contribution < -0.4 is 17.0 Å². The van der Waals surface area contributed by atoms with Crippen molar-refractivity contribution in [1.82, 2.24) is 11.1 Å². The molecule has 0 bridgehead atoms. The zero-order chi connectivity index (χ0) is 13.2. The van der Waals surface area contributed by atoms with Crippen LogP contribution in [0.5, 0.6) is 0 Å². The molecular formula is C16H24ClN3O. The third-order valence-electron chi connectivity index (χ3n) is 4.09. The minimum atomic E-state index is -0.00658. The minimum Gasteiger partial charge on any atom is -0.382 e. The molecule has 0 saturated heterocycles. The summed E-state index contributed by atoms with van der Waals surface area (Å²) in [4.78, 5) is 14.7. The lowest BCUT2D eigenvalue weighted by atomic mass is 9.95. The van der Waals surface area contributed by atoms with Crippen molar-refractivity contribution >= 4 is 28.9 Å². The van der Waals surface area contributed by atoms with Crippen LogP contribution in [0.3, 0.4) is 0 Å². The molecule has 0 radical (unpaired) electrons. The number of aryl methyl sites for hydroxylation is 1. The average molecular weight is 310 g/mol. The molecular weight excluding hydrogens is 286 g/mol. The first-order valence-electron chi connectivity index (χ1n) is 7.13. The summed E-state index contributed by atoms with van der Waals surface area (Å²) in [7, 11) is 0. The molecule has 0 spiro atoms. The fourth-order valence-corrected chi connectivity index (χ4v) is 3.08. The SMILES string of the molecule is Cc1c[nH]c(=O)c2cccc(NC3CCCCC3)c12.Cl.N. The molecule has 2 aromatic rings. The van der Waals surface area contributed by atoms with Gasteiger partial charge in [0.05, 0.1) is 0 Å². The van der Waals surface area contributed by atoms with E-state index in [1.807, 2.05) is 19.1 Å². The van der Waals surface area contributed by atoms with Gasteiger partial charge in [-0.1, -0.05) is 25.3 Å². The Morgan fingerprint density at radius 3 is 2.62 bits per heavy atom. The lowest BCUT2D eigenvalue weighted by Gasteiger charge is -2.24. The number of H-pyrrole nitrogens is 1. The molecule has 0 atom stereocenters. The predicted octanol–water partition coefficient (Wildman–Crippen LogP) is 4.16. The molecule has 5 heteroatoms. The van der Waals surface area contributed by atoms with Crippen molar-refractivity contribution in [3.8, 4) is 0 Å². The van der Waals surface area contributed by atoms with Crippen molar-refractivity contribution in [3.05, 3.63) is 40.3 Å². The Balaban J connectivity index is 0.00000110. The molecule has 3 rings (SSSR count). The van der Waals surface area contributed by atoms with Crippen molar-refractivity contribution in [2.24, 2.45) is 0 Å². The maximum atomic E-state index is 11.9. The normalized spacial score (nSPS) is 15.1. The van der Waals surface area contributed by atoms with Gasteiger partial charge in [-0.05, 0) is 37.5 Å². The second kappa shape index (κ2) is 7.48. The summed E-state index contributed by atoms with van der Waals surface area (Å²) < 4.78 is 0. The standard InChI is InChI=1S/C16H20N2O.ClH.H3N/c1-11-10-17-16(19)13-8-5-9-14(15(11)13)18-12-6-3-2-4-7-12;;/h5,8-10,12,18H,2-4,6-7H2,1H3,(H,17,19);1H;1H3. The van der Waals surface area contributed by atoms with Gasteiger partial charge in [0, 0.05) is 28.7 Å². The lowest BCUT2D eigenvalue weighted by Crippen LogP contribution is -2.22. The van der Waals surface area contributed by atoms with Gasteiger partial charge >= 0.3 is 0 Å². The van der Waals surface area contributed by atoms with Gasteiger partial charge in [0.15, 0.2) is 0 Å². The molecule has 1 aliphatic carbocycles. The number of hydrogen-bond acceptors (Lipinski definition) is 3. The Morgan fingerprint density at radius 2 is 1.90 bits per heavy atom. The third-order valence-corrected chi connectivity index (χ3v) is 4.09. The molecule has 1 aliphatic rings. The number of nitrogens with one attached hydrogen (secondary N) is 2. The van der Waals surface area contributed by atoms with Gasteiger partial charge in [0.25, 0.3) is 5.56 Å². The van der Waals surface area contributed by atoms with E-state index in [0.717, 1.165) is 22.0 Å². The molecule has 5 N–H and O–H groups in total. The Kier molecular flexibility index (Phi) is 6.24. The molecule has 1 fully saturated rings. The summed E-state index contributed by atoms with van der Waals surface area (Å²) in [5.74, 6) is 0. The van der Waals surface area contributed by atoms with Crippen LogP contribution in [0.4, 0.5) is 5.69 Å². The van der Waals surface area contributed by atoms with Gasteiger partial charge < -0.3 is 16.5 Å². The second-order valence-corrected chi connectivity index (χ2v) is 5.51. The zero-order valence-corrected chi connectivity index (χ0v) is 13.3. The van der Waals surface area contributed by atoms with Gasteiger partial charge in [-0.3, -0.25) is 4.79 Å². The van der Waals surface area contributed by atoms with E-state index in [1.54, 1.807) is 6.20 Å². The first-order chi connectivity index (χ1) is 9.25. The fraction of sp³-hybridized carbons (Fsp3) is 0.438. The molecule has 0 aliphatic heterocycles. The zero-order valence-electron chi connectivity index (χ0n) is 12.4. The molecule has 21 heavy (non-hydrogen) atoms. The Labute approximate surface area is 131 Å². The summed E-state index contributed by atoms with van der Waals surface area (Å²) in [6.45, 7) is 2.05. The summed E-state index contributed by atoms with van der Waals surface area (Å²) in [6, 6.07) is 6.50. The summed E-state index contributed by atoms with van der Waals surface area (Å²) in [6.07, 6.45) is 8.24. The minimum absolute atomic E-state index is 0. The predicted molar refractivity (Wildman–Crippen MR) is 92.1 cm³/mol. The van der Waals surface area contributed by atoms with Crippen LogP contribution in [0.25, 0.3) is 10.8 Å². The topological polar surface area (TPSA) is 79.9 Å². The van der Waals surface area contributed by atoms with Gasteiger partial charge in [0.2, 0.25) is 0 Å². The highest BCUT2D eigenvalue weighted by atomic mass is 35.5. The Morgan fingerprint density at radius 1 is 1.19 bits per heavy atom. The molecule has 0 amide bonds. The van der Waals surface area contributed by atoms with Gasteiger partial charge in [-0.25, -0.2) is 0 Å². The van der Waals surface area contributed by atoms with Gasteiger partial charge in [-0.15, -0.1) is 12.4 Å². The largest absolute Gasteiger partial charge is 0.382 e. The number of anilines is 1. The lowest BCUT2D eigenvalue weighted by molar-refractivity contribution is 0.463. The Hall–Kier alpha value is -1.52. The number of hydrogen-bond donors (Lipinski definition) is 3. The Bertz CT molecular complexity index is 648. The number of rotatable bonds is 2. The molecule has 1 aromatic carbocycles. The number of aromatic amines is 1. The van der Waals surface area contributed by atoms with Crippen LogP contribution in [0, 0.1) is 6.92 Å². The number of fused-ring (bicyclic) bond motifs is 1. The quantitative estimate of drug-likeness (QED) is 0.779. The van der Waals surface area contributed by atoms with E-state index in [4.69, 9.17) is 0 Å². The maximum absolute atomic E-state index is 11.9. The molecule has 1 saturated carbocycles. The highest BCUT2D eigenvalue weighted by molar-refractivity contribution is 5.95. The van der Waals surface area contributed by atoms with Crippen LogP contribution in [-0.4, -0.2) is 11.0 Å². The first kappa shape index (κ1) is 17.5. The fourth-order valence-electron chi connectivity index (χ4n) is 3.08. The molecule has 116 valence electrons. The van der Waals surface area contributed by atoms with E-state index in [9.17, 15) is 4.79 Å². The van der Waals surface area contributed by atoms with E-state index >= 15 is 0 Å². The highest BCUT2D eigenvalue weighted by Gasteiger charge is 2.15. The monoisotopic (exact) mass is 309 g/mol. The van der Waals surface area contributed by atoms with Crippen molar-refractivity contribution < 1.29 is 0 Å². The number of pyridine rings is 1. The van der Waals surface area contributed by atoms with Crippen LogP contribution in [0.1, 0.15) is 37.7 Å². The maximum Gasteiger partial charge on any atom is 0.255 e. The molecule has 0 unspecified atom stereocenters. The summed E-state index contributed by atoms with van der Waals surface area (Å²) in [5.41, 5.74) is 2.22. The van der Waals surface area contributed by atoms with Gasteiger partial charge in [0.1, 0.15) is 0 Å². The molecule has 1 aromatic heterocycles. The second-order valence-electron chi connectivity index (χ2n) is 5.51. The number of aromatic nitrogens is 1. The molecule has 4 nitrogen and oxygen atoms in total. The van der Waals surface area contributed by atoms with Crippen LogP contribution in [-0.2, 0) is 0 Å². The van der Waals surface area contributed by atoms with E-state index in [1.165, 1.54) is 32.1 Å². The summed E-state index contributed by atoms with van der Waals surface area (Å²) in [5, 5.41) is 5.48. The first-order valence-corrected chi connectivity index (χ1v) is 7.13. The van der Waals surface area contributed by atoms with Crippen molar-refractivity contribution in [2.45, 2.75) is 45.1 Å². The van der Waals surface area contributed by atoms with E-state index in [-0.39, 0.29) is 24.1 Å². The smallest absolute Gasteiger partial charge is 0.255 e. The van der Waals surface area contributed by atoms with Gasteiger partial charge in [-0.2, -0.15) is 0 Å². The highest BCUT2D eigenvalue weighted by Crippen LogP contribution is 2.27. The number of halogens is 1. The number of benzene rings is 1. The van der Waals surface area contributed by atoms with Crippen LogP contribution in [0.2, 0.25) is 0 Å². The third kappa shape index (κ3) is 3.57. The summed E-state index contributed by atoms with van der Waals surface area (Å²) >= 11 is 0.